The van der Waals surface area contributed by atoms with Crippen LogP contribution in [0, 0.1) is 5.92 Å². The van der Waals surface area contributed by atoms with E-state index in [1.165, 1.54) is 0 Å². The normalized spacial score (nSPS) is 13.4. The average Bonchev–Trinajstić information content (AvgIpc) is 3.03. The number of nitrogens with zero attached hydrogens (tertiary/aromatic N) is 1. The molecule has 1 heterocycles. The summed E-state index contributed by atoms with van der Waals surface area (Å²) >= 11 is 0. The summed E-state index contributed by atoms with van der Waals surface area (Å²) in [6.45, 7) is 3.74. The molecule has 0 saturated heterocycles. The number of imidazole rings is 1. The molecule has 9 heteroatoms. The molecule has 2 rings (SSSR count). The number of nitrogens with one attached hydrogen (secondary N) is 3. The van der Waals surface area contributed by atoms with Gasteiger partial charge in [0, 0.05) is 0 Å². The maximum absolute atomic E-state index is 12.9. The maximum atomic E-state index is 12.9. The van der Waals surface area contributed by atoms with E-state index in [4.69, 9.17) is 5.21 Å². The molecule has 0 fully saturated rings. The predicted octanol–water partition coefficient (Wildman–Crippen LogP) is 1.56. The van der Waals surface area contributed by atoms with Gasteiger partial charge in [-0.3, -0.25) is 19.4 Å². The summed E-state index contributed by atoms with van der Waals surface area (Å²) in [4.78, 5) is 39.2. The summed E-state index contributed by atoms with van der Waals surface area (Å²) in [5.41, 5.74) is 1.84. The van der Waals surface area contributed by atoms with Crippen LogP contribution in [0.2, 0.25) is 0 Å². The number of rotatable bonds is 9. The second-order valence-corrected chi connectivity index (χ2v) is 7.05. The van der Waals surface area contributed by atoms with Crippen LogP contribution in [-0.2, 0) is 9.59 Å². The minimum Gasteiger partial charge on any atom is -0.493 e. The van der Waals surface area contributed by atoms with E-state index >= 15 is 0 Å². The van der Waals surface area contributed by atoms with Crippen LogP contribution in [0.3, 0.4) is 0 Å². The number of carbonyl (C=O) groups excluding carboxylic acids is 2. The SMILES string of the molecule is CC(C)C[C@H](C(=O)N[C@@H](CC=Cc1ccccc1)C(=O)NO)n1c(O)c[nH]c1=O. The number of hydrogen-bond donors (Lipinski definition) is 5. The molecule has 0 aliphatic heterocycles. The van der Waals surface area contributed by atoms with Crippen molar-refractivity contribution in [2.24, 2.45) is 5.92 Å². The second-order valence-electron chi connectivity index (χ2n) is 7.05. The van der Waals surface area contributed by atoms with Gasteiger partial charge in [0.05, 0.1) is 6.20 Å². The van der Waals surface area contributed by atoms with Crippen molar-refractivity contribution in [1.29, 1.82) is 0 Å². The molecule has 1 aromatic heterocycles. The Bertz CT molecular complexity index is 901. The highest BCUT2D eigenvalue weighted by molar-refractivity contribution is 5.88. The Morgan fingerprint density at radius 3 is 2.45 bits per heavy atom. The Morgan fingerprint density at radius 2 is 1.90 bits per heavy atom. The summed E-state index contributed by atoms with van der Waals surface area (Å²) in [6, 6.07) is 7.33. The van der Waals surface area contributed by atoms with Crippen molar-refractivity contribution in [3.05, 3.63) is 58.7 Å². The Morgan fingerprint density at radius 1 is 1.21 bits per heavy atom. The Labute approximate surface area is 168 Å². The number of benzene rings is 1. The van der Waals surface area contributed by atoms with E-state index in [9.17, 15) is 19.5 Å². The van der Waals surface area contributed by atoms with Gasteiger partial charge in [-0.25, -0.2) is 10.3 Å². The molecule has 0 aliphatic rings. The van der Waals surface area contributed by atoms with Crippen LogP contribution in [0.4, 0.5) is 0 Å². The van der Waals surface area contributed by atoms with Gasteiger partial charge >= 0.3 is 5.69 Å². The van der Waals surface area contributed by atoms with Crippen LogP contribution in [0.5, 0.6) is 5.88 Å². The standard InChI is InChI=1S/C20H26N4O5/c1-13(2)11-16(24-17(25)12-21-20(24)28)19(27)22-15(18(26)23-29)10-6-9-14-7-4-3-5-8-14/h3-9,12-13,15-16,25,29H,10-11H2,1-2H3,(H,21,28)(H,22,27)(H,23,26)/t15-,16+/m0/s1. The Hall–Kier alpha value is -3.33. The van der Waals surface area contributed by atoms with Crippen molar-refractivity contribution in [2.45, 2.75) is 38.8 Å². The molecular weight excluding hydrogens is 376 g/mol. The molecule has 2 amide bonds. The molecule has 29 heavy (non-hydrogen) atoms. The predicted molar refractivity (Wildman–Crippen MR) is 107 cm³/mol. The third kappa shape index (κ3) is 6.08. The molecule has 0 spiro atoms. The fraction of sp³-hybridized carbons (Fsp3) is 0.350. The van der Waals surface area contributed by atoms with Crippen LogP contribution < -0.4 is 16.5 Å². The first-order valence-corrected chi connectivity index (χ1v) is 9.28. The zero-order valence-corrected chi connectivity index (χ0v) is 16.3. The van der Waals surface area contributed by atoms with Gasteiger partial charge in [0.25, 0.3) is 5.91 Å². The summed E-state index contributed by atoms with van der Waals surface area (Å²) in [5, 5.41) is 21.5. The van der Waals surface area contributed by atoms with Crippen LogP contribution in [0.1, 0.15) is 38.3 Å². The number of hydrogen-bond acceptors (Lipinski definition) is 5. The lowest BCUT2D eigenvalue weighted by Gasteiger charge is -2.23. The zero-order chi connectivity index (χ0) is 21.4. The first-order valence-electron chi connectivity index (χ1n) is 9.28. The average molecular weight is 402 g/mol. The van der Waals surface area contributed by atoms with E-state index in [1.54, 1.807) is 17.6 Å². The highest BCUT2D eigenvalue weighted by Crippen LogP contribution is 2.21. The van der Waals surface area contributed by atoms with Crippen molar-refractivity contribution in [3.63, 3.8) is 0 Å². The van der Waals surface area contributed by atoms with Gasteiger partial charge in [0.15, 0.2) is 0 Å². The Kier molecular flexibility index (Phi) is 7.79. The maximum Gasteiger partial charge on any atom is 0.329 e. The van der Waals surface area contributed by atoms with Crippen molar-refractivity contribution < 1.29 is 19.9 Å². The molecule has 0 bridgehead atoms. The lowest BCUT2D eigenvalue weighted by Crippen LogP contribution is -2.48. The van der Waals surface area contributed by atoms with Crippen LogP contribution in [0.25, 0.3) is 6.08 Å². The molecule has 2 aromatic rings. The molecule has 0 radical (unpaired) electrons. The fourth-order valence-electron chi connectivity index (χ4n) is 2.93. The van der Waals surface area contributed by atoms with Crippen LogP contribution >= 0.6 is 0 Å². The third-order valence-corrected chi connectivity index (χ3v) is 4.32. The van der Waals surface area contributed by atoms with E-state index in [0.29, 0.717) is 0 Å². The lowest BCUT2D eigenvalue weighted by molar-refractivity contribution is -0.135. The molecule has 156 valence electrons. The quantitative estimate of drug-likeness (QED) is 0.320. The van der Waals surface area contributed by atoms with Crippen molar-refractivity contribution in [3.8, 4) is 5.88 Å². The van der Waals surface area contributed by atoms with Crippen molar-refractivity contribution in [1.82, 2.24) is 20.3 Å². The topological polar surface area (TPSA) is 136 Å². The molecule has 2 atom stereocenters. The first kappa shape index (κ1) is 22.0. The highest BCUT2D eigenvalue weighted by atomic mass is 16.5. The van der Waals surface area contributed by atoms with Gasteiger partial charge in [0.2, 0.25) is 11.8 Å². The number of H-pyrrole nitrogens is 1. The van der Waals surface area contributed by atoms with Gasteiger partial charge in [-0.2, -0.15) is 0 Å². The summed E-state index contributed by atoms with van der Waals surface area (Å²) < 4.78 is 0.947. The van der Waals surface area contributed by atoms with E-state index < -0.39 is 29.6 Å². The van der Waals surface area contributed by atoms with Gasteiger partial charge in [0.1, 0.15) is 12.1 Å². The molecular formula is C20H26N4O5. The van der Waals surface area contributed by atoms with Gasteiger partial charge in [-0.05, 0) is 24.3 Å². The number of amides is 2. The number of aromatic nitrogens is 2. The summed E-state index contributed by atoms with van der Waals surface area (Å²) in [6.07, 6.45) is 4.98. The highest BCUT2D eigenvalue weighted by Gasteiger charge is 2.29. The smallest absolute Gasteiger partial charge is 0.329 e. The van der Waals surface area contributed by atoms with E-state index in [-0.39, 0.29) is 24.6 Å². The van der Waals surface area contributed by atoms with Crippen molar-refractivity contribution >= 4 is 17.9 Å². The minimum absolute atomic E-state index is 0.0371. The molecule has 0 saturated carbocycles. The van der Waals surface area contributed by atoms with Crippen molar-refractivity contribution in [2.75, 3.05) is 0 Å². The van der Waals surface area contributed by atoms with Gasteiger partial charge in [-0.1, -0.05) is 56.3 Å². The third-order valence-electron chi connectivity index (χ3n) is 4.32. The van der Waals surface area contributed by atoms with E-state index in [0.717, 1.165) is 16.3 Å². The monoisotopic (exact) mass is 402 g/mol. The first-order chi connectivity index (χ1) is 13.8. The molecule has 0 unspecified atom stereocenters. The van der Waals surface area contributed by atoms with E-state index in [2.05, 4.69) is 10.3 Å². The largest absolute Gasteiger partial charge is 0.493 e. The molecule has 9 nitrogen and oxygen atoms in total. The second kappa shape index (κ2) is 10.3. The number of hydroxylamine groups is 1. The number of aromatic hydroxyl groups is 1. The van der Waals surface area contributed by atoms with E-state index in [1.807, 2.05) is 44.2 Å². The molecule has 1 aromatic carbocycles. The summed E-state index contributed by atoms with van der Waals surface area (Å²) in [7, 11) is 0. The van der Waals surface area contributed by atoms with Crippen LogP contribution in [0.15, 0.2) is 47.4 Å². The number of carbonyl (C=O) groups is 2. The lowest BCUT2D eigenvalue weighted by atomic mass is 10.0. The number of aromatic amines is 1. The van der Waals surface area contributed by atoms with Crippen LogP contribution in [-0.4, -0.2) is 37.7 Å². The van der Waals surface area contributed by atoms with Gasteiger partial charge < -0.3 is 15.4 Å². The van der Waals surface area contributed by atoms with Gasteiger partial charge in [-0.15, -0.1) is 0 Å². The zero-order valence-electron chi connectivity index (χ0n) is 16.3. The fourth-order valence-corrected chi connectivity index (χ4v) is 2.93. The molecule has 0 aliphatic carbocycles. The molecule has 5 N–H and O–H groups in total. The minimum atomic E-state index is -1.06. The Balaban J connectivity index is 2.18. The summed E-state index contributed by atoms with van der Waals surface area (Å²) in [5.74, 6) is -1.74.